The lowest BCUT2D eigenvalue weighted by molar-refractivity contribution is -0.186. The molecular formula is C12H10F7N. The fourth-order valence-electron chi connectivity index (χ4n) is 2.44. The van der Waals surface area contributed by atoms with Crippen molar-refractivity contribution in [3.63, 3.8) is 0 Å². The van der Waals surface area contributed by atoms with Gasteiger partial charge < -0.3 is 5.32 Å². The minimum Gasteiger partial charge on any atom is -0.315 e. The van der Waals surface area contributed by atoms with Crippen molar-refractivity contribution in [2.75, 3.05) is 13.1 Å². The van der Waals surface area contributed by atoms with Gasteiger partial charge in [-0.3, -0.25) is 0 Å². The summed E-state index contributed by atoms with van der Waals surface area (Å²) in [5.41, 5.74) is -5.24. The molecule has 1 saturated heterocycles. The van der Waals surface area contributed by atoms with E-state index in [1.165, 1.54) is 0 Å². The second kappa shape index (κ2) is 4.61. The summed E-state index contributed by atoms with van der Waals surface area (Å²) in [4.78, 5) is 0. The second-order valence-electron chi connectivity index (χ2n) is 4.67. The largest absolute Gasteiger partial charge is 0.419 e. The fraction of sp³-hybridized carbons (Fsp3) is 0.500. The molecule has 1 aromatic rings. The van der Waals surface area contributed by atoms with Crippen molar-refractivity contribution in [1.82, 2.24) is 5.32 Å². The third-order valence-corrected chi connectivity index (χ3v) is 3.52. The molecule has 20 heavy (non-hydrogen) atoms. The van der Waals surface area contributed by atoms with Crippen LogP contribution >= 0.6 is 0 Å². The first kappa shape index (κ1) is 15.1. The zero-order chi connectivity index (χ0) is 15.2. The van der Waals surface area contributed by atoms with E-state index in [-0.39, 0.29) is 6.54 Å². The number of rotatable bonds is 1. The Bertz CT molecular complexity index is 498. The molecule has 1 aromatic carbocycles. The van der Waals surface area contributed by atoms with E-state index in [1.54, 1.807) is 0 Å². The van der Waals surface area contributed by atoms with Gasteiger partial charge >= 0.3 is 12.4 Å². The van der Waals surface area contributed by atoms with Crippen molar-refractivity contribution in [2.24, 2.45) is 0 Å². The lowest BCUT2D eigenvalue weighted by Gasteiger charge is -2.32. The summed E-state index contributed by atoms with van der Waals surface area (Å²) in [5.74, 6) is -1.85. The van der Waals surface area contributed by atoms with Gasteiger partial charge in [-0.2, -0.15) is 26.3 Å². The van der Waals surface area contributed by atoms with E-state index < -0.39 is 47.7 Å². The van der Waals surface area contributed by atoms with Crippen molar-refractivity contribution in [3.05, 3.63) is 35.1 Å². The minimum atomic E-state index is -5.03. The van der Waals surface area contributed by atoms with Gasteiger partial charge in [0.15, 0.2) is 0 Å². The number of halogens is 7. The van der Waals surface area contributed by atoms with Crippen molar-refractivity contribution in [2.45, 2.75) is 24.2 Å². The van der Waals surface area contributed by atoms with Crippen molar-refractivity contribution < 1.29 is 30.7 Å². The number of hydrogen-bond donors (Lipinski definition) is 1. The quantitative estimate of drug-likeness (QED) is 0.781. The zero-order valence-corrected chi connectivity index (χ0v) is 10.00. The molecule has 2 rings (SSSR count). The molecule has 0 bridgehead atoms. The minimum absolute atomic E-state index is 0.0325. The summed E-state index contributed by atoms with van der Waals surface area (Å²) in [6, 6.07) is 2.00. The number of benzene rings is 1. The molecular weight excluding hydrogens is 291 g/mol. The van der Waals surface area contributed by atoms with Gasteiger partial charge in [-0.15, -0.1) is 0 Å². The lowest BCUT2D eigenvalue weighted by atomic mass is 9.78. The molecule has 8 heteroatoms. The summed E-state index contributed by atoms with van der Waals surface area (Å²) in [6.07, 6.45) is -10.4. The van der Waals surface area contributed by atoms with Crippen molar-refractivity contribution >= 4 is 0 Å². The average Bonchev–Trinajstić information content (AvgIpc) is 2.77. The normalized spacial score (nSPS) is 24.1. The Morgan fingerprint density at radius 1 is 1.05 bits per heavy atom. The third-order valence-electron chi connectivity index (χ3n) is 3.52. The molecule has 1 atom stereocenters. The Hall–Kier alpha value is -1.31. The predicted molar refractivity (Wildman–Crippen MR) is 56.6 cm³/mol. The topological polar surface area (TPSA) is 12.0 Å². The van der Waals surface area contributed by atoms with Gasteiger partial charge in [-0.05, 0) is 19.0 Å². The monoisotopic (exact) mass is 301 g/mol. The highest BCUT2D eigenvalue weighted by Crippen LogP contribution is 2.47. The highest BCUT2D eigenvalue weighted by atomic mass is 19.4. The maximum atomic E-state index is 13.9. The molecule has 1 fully saturated rings. The highest BCUT2D eigenvalue weighted by molar-refractivity contribution is 5.36. The van der Waals surface area contributed by atoms with Crippen LogP contribution in [0.25, 0.3) is 0 Å². The Kier molecular flexibility index (Phi) is 3.48. The summed E-state index contributed by atoms with van der Waals surface area (Å²) >= 11 is 0. The Labute approximate surface area is 109 Å². The number of hydrogen-bond acceptors (Lipinski definition) is 1. The lowest BCUT2D eigenvalue weighted by Crippen LogP contribution is -2.45. The van der Waals surface area contributed by atoms with E-state index in [2.05, 4.69) is 5.32 Å². The van der Waals surface area contributed by atoms with Gasteiger partial charge in [0.2, 0.25) is 0 Å². The maximum absolute atomic E-state index is 13.9. The van der Waals surface area contributed by atoms with E-state index in [1.807, 2.05) is 0 Å². The van der Waals surface area contributed by atoms with Gasteiger partial charge in [0.1, 0.15) is 11.2 Å². The molecule has 0 spiro atoms. The molecule has 1 aliphatic rings. The molecule has 1 aliphatic heterocycles. The maximum Gasteiger partial charge on any atom is 0.419 e. The fourth-order valence-corrected chi connectivity index (χ4v) is 2.44. The molecule has 0 amide bonds. The van der Waals surface area contributed by atoms with E-state index in [9.17, 15) is 30.7 Å². The van der Waals surface area contributed by atoms with Gasteiger partial charge in [0.25, 0.3) is 0 Å². The van der Waals surface area contributed by atoms with Gasteiger partial charge in [0.05, 0.1) is 5.56 Å². The highest BCUT2D eigenvalue weighted by Gasteiger charge is 2.58. The number of nitrogens with one attached hydrogen (secondary N) is 1. The number of alkyl halides is 6. The third kappa shape index (κ3) is 2.25. The Morgan fingerprint density at radius 2 is 1.70 bits per heavy atom. The molecule has 112 valence electrons. The smallest absolute Gasteiger partial charge is 0.315 e. The molecule has 1 N–H and O–H groups in total. The van der Waals surface area contributed by atoms with Crippen LogP contribution in [-0.4, -0.2) is 19.3 Å². The van der Waals surface area contributed by atoms with Crippen LogP contribution in [0.2, 0.25) is 0 Å². The SMILES string of the molecule is Fc1c(C(F)(F)F)cccc1[C@@]1(C(F)(F)F)CCNC1. The summed E-state index contributed by atoms with van der Waals surface area (Å²) in [5, 5.41) is 2.44. The van der Waals surface area contributed by atoms with E-state index in [0.717, 1.165) is 12.1 Å². The molecule has 1 nitrogen and oxygen atoms in total. The van der Waals surface area contributed by atoms with Crippen LogP contribution in [0.1, 0.15) is 17.5 Å². The first-order chi connectivity index (χ1) is 9.09. The molecule has 0 saturated carbocycles. The first-order valence-electron chi connectivity index (χ1n) is 5.73. The van der Waals surface area contributed by atoms with E-state index in [0.29, 0.717) is 6.07 Å². The standard InChI is InChI=1S/C12H10F7N/c13-9-7(2-1-3-8(9)11(14,15)16)10(12(17,18)19)4-5-20-6-10/h1-3,20H,4-6H2/t10-/m1/s1. The van der Waals surface area contributed by atoms with Crippen LogP contribution in [-0.2, 0) is 11.6 Å². The van der Waals surface area contributed by atoms with E-state index >= 15 is 0 Å². The van der Waals surface area contributed by atoms with Crippen LogP contribution < -0.4 is 5.32 Å². The van der Waals surface area contributed by atoms with Crippen LogP contribution in [0.5, 0.6) is 0 Å². The summed E-state index contributed by atoms with van der Waals surface area (Å²) in [6.45, 7) is -0.663. The predicted octanol–water partition coefficient (Wildman–Crippen LogP) is 3.64. The van der Waals surface area contributed by atoms with Crippen LogP contribution in [0, 0.1) is 5.82 Å². The van der Waals surface area contributed by atoms with Crippen LogP contribution in [0.3, 0.4) is 0 Å². The average molecular weight is 301 g/mol. The molecule has 0 radical (unpaired) electrons. The Morgan fingerprint density at radius 3 is 2.15 bits per heavy atom. The van der Waals surface area contributed by atoms with Crippen LogP contribution in [0.15, 0.2) is 18.2 Å². The zero-order valence-electron chi connectivity index (χ0n) is 10.00. The Balaban J connectivity index is 2.63. The van der Waals surface area contributed by atoms with Gasteiger partial charge in [-0.25, -0.2) is 4.39 Å². The van der Waals surface area contributed by atoms with Crippen molar-refractivity contribution in [3.8, 4) is 0 Å². The first-order valence-corrected chi connectivity index (χ1v) is 5.73. The van der Waals surface area contributed by atoms with Crippen molar-refractivity contribution in [1.29, 1.82) is 0 Å². The van der Waals surface area contributed by atoms with Crippen LogP contribution in [0.4, 0.5) is 30.7 Å². The van der Waals surface area contributed by atoms with Gasteiger partial charge in [-0.1, -0.05) is 12.1 Å². The summed E-state index contributed by atoms with van der Waals surface area (Å²) in [7, 11) is 0. The molecule has 0 aliphatic carbocycles. The molecule has 0 aromatic heterocycles. The second-order valence-corrected chi connectivity index (χ2v) is 4.67. The van der Waals surface area contributed by atoms with Gasteiger partial charge in [0, 0.05) is 12.1 Å². The molecule has 1 heterocycles. The molecule has 0 unspecified atom stereocenters. The van der Waals surface area contributed by atoms with E-state index in [4.69, 9.17) is 0 Å². The summed E-state index contributed by atoms with van der Waals surface area (Å²) < 4.78 is 91.4.